The maximum Gasteiger partial charge on any atom is 0.325 e. The van der Waals surface area contributed by atoms with Crippen LogP contribution in [0.15, 0.2) is 0 Å². The molecule has 0 unspecified atom stereocenters. The smallest absolute Gasteiger partial charge is 0.325 e. The van der Waals surface area contributed by atoms with E-state index in [2.05, 4.69) is 31.4 Å². The predicted octanol–water partition coefficient (Wildman–Crippen LogP) is 2.43. The van der Waals surface area contributed by atoms with Crippen LogP contribution < -0.4 is 10.6 Å². The second kappa shape index (κ2) is 7.99. The molecule has 0 aromatic heterocycles. The molecule has 1 heterocycles. The normalized spacial score (nSPS) is 27.0. The van der Waals surface area contributed by atoms with Crippen molar-refractivity contribution in [2.75, 3.05) is 13.1 Å². The van der Waals surface area contributed by atoms with Crippen LogP contribution in [-0.2, 0) is 9.59 Å². The number of hydrogen-bond acceptors (Lipinski definition) is 3. The molecule has 0 radical (unpaired) electrons. The molecule has 1 aliphatic carbocycles. The highest BCUT2D eigenvalue weighted by molar-refractivity contribution is 6.09. The second-order valence-corrected chi connectivity index (χ2v) is 7.64. The van der Waals surface area contributed by atoms with Gasteiger partial charge in [0, 0.05) is 6.54 Å². The van der Waals surface area contributed by atoms with Gasteiger partial charge in [-0.25, -0.2) is 4.79 Å². The number of carbonyl (C=O) groups is 3. The fraction of sp³-hybridized carbons (Fsp3) is 0.833. The first-order valence-corrected chi connectivity index (χ1v) is 9.28. The van der Waals surface area contributed by atoms with E-state index in [4.69, 9.17) is 0 Å². The van der Waals surface area contributed by atoms with E-state index in [-0.39, 0.29) is 18.4 Å². The molecule has 0 atom stereocenters. The number of urea groups is 1. The number of nitrogens with zero attached hydrogens (tertiary/aromatic N) is 1. The number of nitrogens with one attached hydrogen (secondary N) is 2. The summed E-state index contributed by atoms with van der Waals surface area (Å²) in [4.78, 5) is 38.0. The minimum Gasteiger partial charge on any atom is -0.355 e. The van der Waals surface area contributed by atoms with Gasteiger partial charge >= 0.3 is 6.03 Å². The Hall–Kier alpha value is -1.59. The molecule has 6 heteroatoms. The molecule has 24 heavy (non-hydrogen) atoms. The minimum absolute atomic E-state index is 0.175. The highest BCUT2D eigenvalue weighted by Crippen LogP contribution is 2.37. The highest BCUT2D eigenvalue weighted by Gasteiger charge is 2.52. The van der Waals surface area contributed by atoms with Crippen LogP contribution in [0.1, 0.15) is 65.7 Å². The molecule has 6 nitrogen and oxygen atoms in total. The molecule has 1 saturated heterocycles. The lowest BCUT2D eigenvalue weighted by atomic mass is 9.75. The largest absolute Gasteiger partial charge is 0.355 e. The fourth-order valence-electron chi connectivity index (χ4n) is 3.67. The molecule has 0 bridgehead atoms. The van der Waals surface area contributed by atoms with Crippen molar-refractivity contribution in [1.29, 1.82) is 0 Å². The Labute approximate surface area is 144 Å². The van der Waals surface area contributed by atoms with Crippen LogP contribution >= 0.6 is 0 Å². The lowest BCUT2D eigenvalue weighted by molar-refractivity contribution is -0.136. The van der Waals surface area contributed by atoms with Crippen molar-refractivity contribution in [1.82, 2.24) is 15.5 Å². The Morgan fingerprint density at radius 3 is 2.58 bits per heavy atom. The molecule has 1 aliphatic heterocycles. The molecule has 2 N–H and O–H groups in total. The van der Waals surface area contributed by atoms with E-state index in [9.17, 15) is 14.4 Å². The number of imide groups is 1. The van der Waals surface area contributed by atoms with Crippen molar-refractivity contribution in [3.8, 4) is 0 Å². The number of rotatable bonds is 7. The van der Waals surface area contributed by atoms with Crippen molar-refractivity contribution < 1.29 is 14.4 Å². The van der Waals surface area contributed by atoms with E-state index in [1.807, 2.05) is 0 Å². The van der Waals surface area contributed by atoms with Gasteiger partial charge in [0.2, 0.25) is 5.91 Å². The van der Waals surface area contributed by atoms with Crippen molar-refractivity contribution >= 4 is 17.8 Å². The third-order valence-corrected chi connectivity index (χ3v) is 5.36. The first-order valence-electron chi connectivity index (χ1n) is 9.28. The molecule has 136 valence electrons. The van der Waals surface area contributed by atoms with Gasteiger partial charge in [-0.2, -0.15) is 0 Å². The van der Waals surface area contributed by atoms with Gasteiger partial charge in [-0.15, -0.1) is 0 Å². The van der Waals surface area contributed by atoms with Crippen molar-refractivity contribution in [3.05, 3.63) is 0 Å². The summed E-state index contributed by atoms with van der Waals surface area (Å²) in [5, 5.41) is 5.66. The van der Waals surface area contributed by atoms with Gasteiger partial charge in [-0.3, -0.25) is 14.5 Å². The summed E-state index contributed by atoms with van der Waals surface area (Å²) in [6.45, 7) is 6.85. The minimum atomic E-state index is -0.763. The van der Waals surface area contributed by atoms with E-state index in [1.54, 1.807) is 0 Å². The van der Waals surface area contributed by atoms with Gasteiger partial charge in [0.15, 0.2) is 0 Å². The first kappa shape index (κ1) is 18.7. The number of carbonyl (C=O) groups excluding carboxylic acids is 3. The maximum atomic E-state index is 12.7. The van der Waals surface area contributed by atoms with Gasteiger partial charge in [0.05, 0.1) is 0 Å². The quantitative estimate of drug-likeness (QED) is 0.553. The average molecular weight is 337 g/mol. The molecule has 4 amide bonds. The molecule has 2 rings (SSSR count). The van der Waals surface area contributed by atoms with Crippen molar-refractivity contribution in [3.63, 3.8) is 0 Å². The summed E-state index contributed by atoms with van der Waals surface area (Å²) in [6.07, 6.45) is 6.35. The van der Waals surface area contributed by atoms with Gasteiger partial charge in [-0.1, -0.05) is 27.2 Å². The van der Waals surface area contributed by atoms with Gasteiger partial charge < -0.3 is 10.6 Å². The van der Waals surface area contributed by atoms with Gasteiger partial charge in [0.25, 0.3) is 5.91 Å². The Balaban J connectivity index is 1.84. The first-order chi connectivity index (χ1) is 11.4. The molecule has 1 spiro atoms. The lowest BCUT2D eigenvalue weighted by Crippen LogP contribution is -2.50. The van der Waals surface area contributed by atoms with E-state index in [1.165, 1.54) is 0 Å². The molecular formula is C18H31N3O3. The lowest BCUT2D eigenvalue weighted by Gasteiger charge is -2.34. The Morgan fingerprint density at radius 1 is 1.33 bits per heavy atom. The Morgan fingerprint density at radius 2 is 2.00 bits per heavy atom. The standard InChI is InChI=1S/C18H31N3O3/c1-4-14-7-9-18(10-8-14)16(23)21(17(24)20-18)12-15(22)19-11-5-6-13(2)3/h13-14H,4-12H2,1-3H3,(H,19,22)(H,20,24). The summed E-state index contributed by atoms with van der Waals surface area (Å²) in [5.41, 5.74) is -0.763. The van der Waals surface area contributed by atoms with Crippen LogP contribution in [0.2, 0.25) is 0 Å². The van der Waals surface area contributed by atoms with Crippen LogP contribution in [0.5, 0.6) is 0 Å². The zero-order valence-electron chi connectivity index (χ0n) is 15.2. The molecule has 2 aliphatic rings. The average Bonchev–Trinajstić information content (AvgIpc) is 2.77. The van der Waals surface area contributed by atoms with Crippen LogP contribution in [-0.4, -0.2) is 41.4 Å². The Kier molecular flexibility index (Phi) is 6.24. The van der Waals surface area contributed by atoms with Crippen LogP contribution in [0.3, 0.4) is 0 Å². The van der Waals surface area contributed by atoms with Gasteiger partial charge in [0.1, 0.15) is 12.1 Å². The van der Waals surface area contributed by atoms with Crippen molar-refractivity contribution in [2.45, 2.75) is 71.3 Å². The monoisotopic (exact) mass is 337 g/mol. The molecule has 0 aromatic carbocycles. The van der Waals surface area contributed by atoms with E-state index in [0.29, 0.717) is 31.2 Å². The van der Waals surface area contributed by atoms with Gasteiger partial charge in [-0.05, 0) is 50.4 Å². The van der Waals surface area contributed by atoms with Crippen LogP contribution in [0, 0.1) is 11.8 Å². The van der Waals surface area contributed by atoms with Crippen LogP contribution in [0.4, 0.5) is 4.79 Å². The SMILES string of the molecule is CCC1CCC2(CC1)NC(=O)N(CC(=O)NCCCC(C)C)C2=O. The van der Waals surface area contributed by atoms with Crippen LogP contribution in [0.25, 0.3) is 0 Å². The molecule has 2 fully saturated rings. The number of hydrogen-bond donors (Lipinski definition) is 2. The van der Waals surface area contributed by atoms with Crippen molar-refractivity contribution in [2.24, 2.45) is 11.8 Å². The Bertz CT molecular complexity index is 482. The topological polar surface area (TPSA) is 78.5 Å². The third-order valence-electron chi connectivity index (χ3n) is 5.36. The van der Waals surface area contributed by atoms with E-state index in [0.717, 1.165) is 37.0 Å². The summed E-state index contributed by atoms with van der Waals surface area (Å²) in [5.74, 6) is 0.755. The maximum absolute atomic E-state index is 12.7. The summed E-state index contributed by atoms with van der Waals surface area (Å²) in [6, 6.07) is -0.424. The predicted molar refractivity (Wildman–Crippen MR) is 92.3 cm³/mol. The molecule has 0 aromatic rings. The fourth-order valence-corrected chi connectivity index (χ4v) is 3.67. The van der Waals surface area contributed by atoms with E-state index < -0.39 is 11.6 Å². The molecular weight excluding hydrogens is 306 g/mol. The zero-order chi connectivity index (χ0) is 17.7. The zero-order valence-corrected chi connectivity index (χ0v) is 15.2. The third kappa shape index (κ3) is 4.28. The van der Waals surface area contributed by atoms with E-state index >= 15 is 0 Å². The summed E-state index contributed by atoms with van der Waals surface area (Å²) < 4.78 is 0. The second-order valence-electron chi connectivity index (χ2n) is 7.64. The summed E-state index contributed by atoms with van der Waals surface area (Å²) >= 11 is 0. The molecule has 1 saturated carbocycles. The highest BCUT2D eigenvalue weighted by atomic mass is 16.2. The summed E-state index contributed by atoms with van der Waals surface area (Å²) in [7, 11) is 0. The number of amides is 4.